The van der Waals surface area contributed by atoms with Gasteiger partial charge in [-0.15, -0.1) is 0 Å². The molecule has 20 heavy (non-hydrogen) atoms. The Morgan fingerprint density at radius 3 is 1.50 bits per heavy atom. The Kier molecular flexibility index (Phi) is 16.0. The molecule has 0 spiro atoms. The van der Waals surface area contributed by atoms with Crippen LogP contribution in [-0.2, 0) is 19.7 Å². The van der Waals surface area contributed by atoms with Crippen molar-refractivity contribution in [2.75, 3.05) is 0 Å². The van der Waals surface area contributed by atoms with Crippen molar-refractivity contribution >= 4 is 22.1 Å². The van der Waals surface area contributed by atoms with Gasteiger partial charge in [0.25, 0.3) is 10.1 Å². The van der Waals surface area contributed by atoms with E-state index in [2.05, 4.69) is 0 Å². The molecule has 0 unspecified atom stereocenters. The summed E-state index contributed by atoms with van der Waals surface area (Å²) in [6, 6.07) is 7.42. The average molecular weight is 320 g/mol. The third-order valence-corrected chi connectivity index (χ3v) is 2.44. The van der Waals surface area contributed by atoms with E-state index in [0.717, 1.165) is 0 Å². The molecule has 100 valence electrons. The van der Waals surface area contributed by atoms with Gasteiger partial charge in [-0.1, -0.05) is 18.2 Å². The summed E-state index contributed by atoms with van der Waals surface area (Å²) in [5, 5.41) is 19.0. The second kappa shape index (κ2) is 12.8. The van der Waals surface area contributed by atoms with Crippen molar-refractivity contribution in [2.24, 2.45) is 0 Å². The number of hydrogen-bond acceptors (Lipinski definition) is 6. The molecule has 10 heteroatoms. The predicted octanol–water partition coefficient (Wildman–Crippen LogP) is -7.79. The normalized spacial score (nSPS) is 9.05. The van der Waals surface area contributed by atoms with Crippen LogP contribution in [0.1, 0.15) is 12.8 Å². The summed E-state index contributed by atoms with van der Waals surface area (Å²) >= 11 is 0. The van der Waals surface area contributed by atoms with Gasteiger partial charge in [0, 0.05) is 11.9 Å². The van der Waals surface area contributed by atoms with Gasteiger partial charge < -0.3 is 19.8 Å². The molecule has 7 nitrogen and oxygen atoms in total. The van der Waals surface area contributed by atoms with Gasteiger partial charge >= 0.3 is 59.1 Å². The molecular weight excluding hydrogens is 310 g/mol. The first-order valence-electron chi connectivity index (χ1n) is 4.65. The molecule has 1 rings (SSSR count). The minimum absolute atomic E-state index is 0. The van der Waals surface area contributed by atoms with Crippen molar-refractivity contribution in [1.29, 1.82) is 0 Å². The molecule has 0 atom stereocenters. The van der Waals surface area contributed by atoms with Crippen LogP contribution in [0.5, 0.6) is 0 Å². The first-order chi connectivity index (χ1) is 8.23. The number of rotatable bonds is 4. The number of carboxylic acid groups (broad SMARTS) is 2. The van der Waals surface area contributed by atoms with Crippen molar-refractivity contribution in [3.63, 3.8) is 0 Å². The molecule has 0 saturated heterocycles. The number of carbonyl (C=O) groups is 2. The topological polar surface area (TPSA) is 135 Å². The molecule has 0 radical (unpaired) electrons. The summed E-state index contributed by atoms with van der Waals surface area (Å²) in [4.78, 5) is 18.9. The van der Waals surface area contributed by atoms with Crippen molar-refractivity contribution in [3.8, 4) is 0 Å². The van der Waals surface area contributed by atoms with E-state index in [0.29, 0.717) is 0 Å². The molecule has 0 aliphatic heterocycles. The summed E-state index contributed by atoms with van der Waals surface area (Å²) in [5.41, 5.74) is 0. The summed E-state index contributed by atoms with van der Waals surface area (Å²) in [6.45, 7) is 0. The first kappa shape index (κ1) is 25.0. The Morgan fingerprint density at radius 2 is 1.30 bits per heavy atom. The van der Waals surface area contributed by atoms with E-state index in [1.54, 1.807) is 18.2 Å². The van der Waals surface area contributed by atoms with E-state index in [9.17, 15) is 28.2 Å². The fourth-order valence-corrected chi connectivity index (χ4v) is 1.30. The third-order valence-electron chi connectivity index (χ3n) is 1.57. The monoisotopic (exact) mass is 320 g/mol. The summed E-state index contributed by atoms with van der Waals surface area (Å²) < 4.78 is 29.2. The van der Waals surface area contributed by atoms with Gasteiger partial charge in [0.15, 0.2) is 0 Å². The van der Waals surface area contributed by atoms with E-state index in [1.807, 2.05) is 0 Å². The number of carboxylic acids is 2. The molecule has 1 aromatic rings. The van der Waals surface area contributed by atoms with Gasteiger partial charge in [-0.2, -0.15) is 8.42 Å². The van der Waals surface area contributed by atoms with Crippen LogP contribution in [0.2, 0.25) is 0 Å². The van der Waals surface area contributed by atoms with Crippen LogP contribution in [0.25, 0.3) is 0 Å². The Balaban J connectivity index is -0.000000269. The van der Waals surface area contributed by atoms with Crippen LogP contribution in [0.15, 0.2) is 35.2 Å². The first-order valence-corrected chi connectivity index (χ1v) is 6.09. The zero-order valence-corrected chi connectivity index (χ0v) is 15.9. The Morgan fingerprint density at radius 1 is 0.950 bits per heavy atom. The third kappa shape index (κ3) is 14.5. The van der Waals surface area contributed by atoms with Gasteiger partial charge in [0.05, 0.1) is 4.90 Å². The number of carbonyl (C=O) groups excluding carboxylic acids is 2. The maximum Gasteiger partial charge on any atom is 1.00 e. The SMILES string of the molecule is O=C([O-])CCC(=O)[O-].O=S(=O)(O)c1ccccc1.[Na+].[Na+]. The van der Waals surface area contributed by atoms with Crippen molar-refractivity contribution in [1.82, 2.24) is 0 Å². The number of hydrogen-bond donors (Lipinski definition) is 1. The van der Waals surface area contributed by atoms with Gasteiger partial charge in [-0.05, 0) is 25.0 Å². The van der Waals surface area contributed by atoms with E-state index in [4.69, 9.17) is 4.55 Å². The molecular formula is C10H10Na2O7S. The van der Waals surface area contributed by atoms with E-state index < -0.39 is 34.9 Å². The Bertz CT molecular complexity index is 488. The predicted molar refractivity (Wildman–Crippen MR) is 55.5 cm³/mol. The zero-order chi connectivity index (χ0) is 14.2. The fourth-order valence-electron chi connectivity index (χ4n) is 0.797. The molecule has 0 bridgehead atoms. The van der Waals surface area contributed by atoms with Crippen molar-refractivity contribution in [3.05, 3.63) is 30.3 Å². The van der Waals surface area contributed by atoms with Gasteiger partial charge in [0.1, 0.15) is 0 Å². The minimum Gasteiger partial charge on any atom is -0.550 e. The maximum atomic E-state index is 10.4. The van der Waals surface area contributed by atoms with Crippen LogP contribution in [-0.4, -0.2) is 24.9 Å². The minimum atomic E-state index is -4.00. The summed E-state index contributed by atoms with van der Waals surface area (Å²) in [7, 11) is -4.00. The van der Waals surface area contributed by atoms with Gasteiger partial charge in [-0.3, -0.25) is 4.55 Å². The van der Waals surface area contributed by atoms with E-state index in [-0.39, 0.29) is 64.0 Å². The smallest absolute Gasteiger partial charge is 0.550 e. The molecule has 0 amide bonds. The molecule has 0 saturated carbocycles. The second-order valence-corrected chi connectivity index (χ2v) is 4.45. The van der Waals surface area contributed by atoms with E-state index >= 15 is 0 Å². The van der Waals surface area contributed by atoms with Gasteiger partial charge in [0.2, 0.25) is 0 Å². The second-order valence-electron chi connectivity index (χ2n) is 3.03. The molecule has 0 fully saturated rings. The molecule has 1 N–H and O–H groups in total. The standard InChI is InChI=1S/C6H6O3S.C4H6O4.2Na/c7-10(8,9)6-4-2-1-3-5-6;5-3(6)1-2-4(7)8;;/h1-5H,(H,7,8,9);1-2H2,(H,5,6)(H,7,8);;/q;;2*+1/p-2. The van der Waals surface area contributed by atoms with Gasteiger partial charge in [-0.25, -0.2) is 0 Å². The van der Waals surface area contributed by atoms with E-state index in [1.165, 1.54) is 12.1 Å². The fraction of sp³-hybridized carbons (Fsp3) is 0.200. The molecule has 0 aliphatic rings. The average Bonchev–Trinajstić information content (AvgIpc) is 2.27. The quantitative estimate of drug-likeness (QED) is 0.430. The number of aliphatic carboxylic acids is 2. The molecule has 0 heterocycles. The molecule has 0 aliphatic carbocycles. The molecule has 1 aromatic carbocycles. The Hall–Kier alpha value is 0.0700. The summed E-state index contributed by atoms with van der Waals surface area (Å²) in [5.74, 6) is -2.73. The molecule has 0 aromatic heterocycles. The van der Waals surface area contributed by atoms with Crippen molar-refractivity contribution < 1.29 is 91.9 Å². The van der Waals surface area contributed by atoms with Crippen LogP contribution in [0.4, 0.5) is 0 Å². The van der Waals surface area contributed by atoms with Crippen LogP contribution in [0, 0.1) is 0 Å². The van der Waals surface area contributed by atoms with Crippen molar-refractivity contribution in [2.45, 2.75) is 17.7 Å². The summed E-state index contributed by atoms with van der Waals surface area (Å²) in [6.07, 6.45) is -0.940. The van der Waals surface area contributed by atoms with Crippen LogP contribution >= 0.6 is 0 Å². The Labute approximate surface area is 160 Å². The zero-order valence-electron chi connectivity index (χ0n) is 11.1. The van der Waals surface area contributed by atoms with Crippen LogP contribution in [0.3, 0.4) is 0 Å². The van der Waals surface area contributed by atoms with Crippen LogP contribution < -0.4 is 69.3 Å². The number of benzene rings is 1. The largest absolute Gasteiger partial charge is 1.00 e. The maximum absolute atomic E-state index is 10.4.